The maximum absolute atomic E-state index is 13.2. The number of aromatic nitrogens is 4. The molecule has 0 bridgehead atoms. The van der Waals surface area contributed by atoms with E-state index in [9.17, 15) is 19.5 Å². The lowest BCUT2D eigenvalue weighted by atomic mass is 10.2. The molecule has 0 aliphatic rings. The summed E-state index contributed by atoms with van der Waals surface area (Å²) in [7, 11) is 4.78. The fourth-order valence-corrected chi connectivity index (χ4v) is 5.09. The van der Waals surface area contributed by atoms with Crippen molar-refractivity contribution in [1.82, 2.24) is 24.6 Å². The average molecular weight is 558 g/mol. The summed E-state index contributed by atoms with van der Waals surface area (Å²) in [4.78, 5) is 47.4. The van der Waals surface area contributed by atoms with Crippen molar-refractivity contribution in [3.05, 3.63) is 83.5 Å². The zero-order valence-corrected chi connectivity index (χ0v) is 22.8. The first-order valence-electron chi connectivity index (χ1n) is 12.4. The summed E-state index contributed by atoms with van der Waals surface area (Å²) >= 11 is 1.30. The number of nitrogens with one attached hydrogen (secondary N) is 2. The first kappa shape index (κ1) is 26.8. The normalized spacial score (nSPS) is 11.8. The van der Waals surface area contributed by atoms with Crippen LogP contribution in [0.2, 0.25) is 0 Å². The number of aromatic amines is 1. The van der Waals surface area contributed by atoms with Gasteiger partial charge in [-0.1, -0.05) is 18.2 Å². The highest BCUT2D eigenvalue weighted by Gasteiger charge is 2.23. The first-order valence-corrected chi connectivity index (χ1v) is 13.2. The summed E-state index contributed by atoms with van der Waals surface area (Å²) in [5, 5.41) is 20.2. The highest BCUT2D eigenvalue weighted by atomic mass is 32.1. The van der Waals surface area contributed by atoms with Crippen LogP contribution in [0.5, 0.6) is 0 Å². The molecule has 0 fully saturated rings. The number of nitrogens with zero attached hydrogens (tertiary/aromatic N) is 5. The number of likely N-dealkylation sites (N-methyl/N-ethyl adjacent to an activating group) is 1. The lowest BCUT2D eigenvalue weighted by Gasteiger charge is -2.19. The molecule has 3 amide bonds. The average Bonchev–Trinajstić information content (AvgIpc) is 3.73. The summed E-state index contributed by atoms with van der Waals surface area (Å²) in [6.07, 6.45) is 2.06. The number of fused-ring (bicyclic) bond motifs is 1. The summed E-state index contributed by atoms with van der Waals surface area (Å²) in [6.45, 7) is -0.133. The van der Waals surface area contributed by atoms with E-state index in [2.05, 4.69) is 20.5 Å². The molecule has 2 aromatic carbocycles. The lowest BCUT2D eigenvalue weighted by Crippen LogP contribution is -2.36. The van der Waals surface area contributed by atoms with Crippen LogP contribution < -0.4 is 10.2 Å². The van der Waals surface area contributed by atoms with Gasteiger partial charge in [0.25, 0.3) is 17.7 Å². The van der Waals surface area contributed by atoms with Crippen molar-refractivity contribution >= 4 is 51.7 Å². The van der Waals surface area contributed by atoms with E-state index >= 15 is 0 Å². The van der Waals surface area contributed by atoms with Gasteiger partial charge in [0.15, 0.2) is 6.10 Å². The lowest BCUT2D eigenvalue weighted by molar-refractivity contribution is -0.138. The monoisotopic (exact) mass is 557 g/mol. The molecule has 0 aliphatic carbocycles. The molecule has 1 atom stereocenters. The van der Waals surface area contributed by atoms with E-state index in [0.29, 0.717) is 27.2 Å². The third kappa shape index (κ3) is 5.35. The van der Waals surface area contributed by atoms with Crippen LogP contribution in [0.4, 0.5) is 11.6 Å². The van der Waals surface area contributed by atoms with Gasteiger partial charge in [-0.2, -0.15) is 5.10 Å². The molecule has 11 nitrogen and oxygen atoms in total. The van der Waals surface area contributed by atoms with Crippen LogP contribution in [-0.4, -0.2) is 74.7 Å². The van der Waals surface area contributed by atoms with Gasteiger partial charge >= 0.3 is 0 Å². The van der Waals surface area contributed by atoms with E-state index in [0.717, 1.165) is 10.4 Å². The molecule has 0 radical (unpaired) electrons. The van der Waals surface area contributed by atoms with Gasteiger partial charge in [-0.15, -0.1) is 11.3 Å². The van der Waals surface area contributed by atoms with Crippen molar-refractivity contribution in [2.75, 3.05) is 31.4 Å². The SMILES string of the molecule is CN(C)C(=O)C(O)Cn1c(NC(=O)c2ccc(-c3cn[nH]c3)s2)nc2cc(N(C)C(=O)c3ccccc3)ccc21. The number of hydrogen-bond donors (Lipinski definition) is 3. The van der Waals surface area contributed by atoms with Gasteiger partial charge in [-0.05, 0) is 42.5 Å². The van der Waals surface area contributed by atoms with Crippen molar-refractivity contribution < 1.29 is 19.5 Å². The third-order valence-corrected chi connectivity index (χ3v) is 7.50. The van der Waals surface area contributed by atoms with Crippen LogP contribution in [0.3, 0.4) is 0 Å². The Morgan fingerprint density at radius 1 is 1.07 bits per heavy atom. The number of carbonyl (C=O) groups excluding carboxylic acids is 3. The molecule has 3 N–H and O–H groups in total. The number of amides is 3. The predicted octanol–water partition coefficient (Wildman–Crippen LogP) is 3.47. The number of anilines is 2. The summed E-state index contributed by atoms with van der Waals surface area (Å²) < 4.78 is 1.59. The number of carbonyl (C=O) groups is 3. The standard InChI is InChI=1S/C28H27N7O4S/c1-33(2)27(39)22(36)16-35-21-10-9-19(34(3)26(38)17-7-5-4-6-8-17)13-20(21)31-28(35)32-25(37)24-12-11-23(40-24)18-14-29-30-15-18/h4-15,22,36H,16H2,1-3H3,(H,29,30)(H,31,32,37). The number of imidazole rings is 1. The number of benzene rings is 2. The van der Waals surface area contributed by atoms with Crippen molar-refractivity contribution in [2.45, 2.75) is 12.6 Å². The Morgan fingerprint density at radius 2 is 1.85 bits per heavy atom. The molecule has 0 saturated carbocycles. The highest BCUT2D eigenvalue weighted by molar-refractivity contribution is 7.17. The number of aliphatic hydroxyl groups is 1. The minimum absolute atomic E-state index is 0.133. The number of aliphatic hydroxyl groups excluding tert-OH is 1. The Labute approximate surface area is 233 Å². The van der Waals surface area contributed by atoms with E-state index in [-0.39, 0.29) is 24.3 Å². The van der Waals surface area contributed by atoms with Crippen molar-refractivity contribution in [2.24, 2.45) is 0 Å². The molecule has 3 aromatic heterocycles. The quantitative estimate of drug-likeness (QED) is 0.267. The second kappa shape index (κ2) is 11.1. The zero-order chi connectivity index (χ0) is 28.4. The van der Waals surface area contributed by atoms with Crippen LogP contribution in [-0.2, 0) is 11.3 Å². The second-order valence-corrected chi connectivity index (χ2v) is 10.4. The van der Waals surface area contributed by atoms with Crippen LogP contribution in [0.15, 0.2) is 73.1 Å². The molecule has 12 heteroatoms. The molecule has 5 aromatic rings. The van der Waals surface area contributed by atoms with E-state index in [1.54, 1.807) is 86.6 Å². The third-order valence-electron chi connectivity index (χ3n) is 6.36. The Morgan fingerprint density at radius 3 is 2.55 bits per heavy atom. The molecular weight excluding hydrogens is 530 g/mol. The minimum Gasteiger partial charge on any atom is -0.381 e. The van der Waals surface area contributed by atoms with Crippen LogP contribution >= 0.6 is 11.3 Å². The Kier molecular flexibility index (Phi) is 7.45. The summed E-state index contributed by atoms with van der Waals surface area (Å²) in [6, 6.07) is 17.7. The van der Waals surface area contributed by atoms with Gasteiger partial charge in [0, 0.05) is 49.0 Å². The Balaban J connectivity index is 1.48. The predicted molar refractivity (Wildman–Crippen MR) is 153 cm³/mol. The first-order chi connectivity index (χ1) is 19.2. The van der Waals surface area contributed by atoms with Gasteiger partial charge in [0.2, 0.25) is 5.95 Å². The van der Waals surface area contributed by atoms with E-state index < -0.39 is 12.0 Å². The largest absolute Gasteiger partial charge is 0.381 e. The molecule has 5 rings (SSSR count). The smallest absolute Gasteiger partial charge is 0.268 e. The highest BCUT2D eigenvalue weighted by Crippen LogP contribution is 2.29. The molecule has 3 heterocycles. The fourth-order valence-electron chi connectivity index (χ4n) is 4.21. The topological polar surface area (TPSA) is 136 Å². The maximum atomic E-state index is 13.2. The summed E-state index contributed by atoms with van der Waals surface area (Å²) in [5.41, 5.74) is 3.06. The van der Waals surface area contributed by atoms with Gasteiger partial charge < -0.3 is 19.5 Å². The molecule has 1 unspecified atom stereocenters. The van der Waals surface area contributed by atoms with Crippen LogP contribution in [0.1, 0.15) is 20.0 Å². The van der Waals surface area contributed by atoms with Crippen molar-refractivity contribution in [3.63, 3.8) is 0 Å². The number of hydrogen-bond acceptors (Lipinski definition) is 7. The molecule has 0 aliphatic heterocycles. The van der Waals surface area contributed by atoms with Gasteiger partial charge in [-0.25, -0.2) is 4.98 Å². The van der Waals surface area contributed by atoms with E-state index in [1.807, 2.05) is 12.1 Å². The van der Waals surface area contributed by atoms with E-state index in [1.165, 1.54) is 21.1 Å². The number of H-pyrrole nitrogens is 1. The van der Waals surface area contributed by atoms with Gasteiger partial charge in [0.1, 0.15) is 0 Å². The maximum Gasteiger partial charge on any atom is 0.268 e. The Bertz CT molecular complexity index is 1680. The van der Waals surface area contributed by atoms with Gasteiger partial charge in [-0.3, -0.25) is 24.8 Å². The second-order valence-electron chi connectivity index (χ2n) is 9.30. The van der Waals surface area contributed by atoms with Gasteiger partial charge in [0.05, 0.1) is 28.7 Å². The van der Waals surface area contributed by atoms with Crippen molar-refractivity contribution in [3.8, 4) is 10.4 Å². The molecule has 0 spiro atoms. The van der Waals surface area contributed by atoms with E-state index in [4.69, 9.17) is 0 Å². The Hall–Kier alpha value is -4.81. The number of rotatable bonds is 8. The summed E-state index contributed by atoms with van der Waals surface area (Å²) in [5.74, 6) is -0.891. The molecule has 204 valence electrons. The number of thiophene rings is 1. The zero-order valence-electron chi connectivity index (χ0n) is 22.0. The van der Waals surface area contributed by atoms with Crippen LogP contribution in [0, 0.1) is 0 Å². The minimum atomic E-state index is -1.36. The van der Waals surface area contributed by atoms with Crippen molar-refractivity contribution in [1.29, 1.82) is 0 Å². The fraction of sp³-hybridized carbons (Fsp3) is 0.179. The molecule has 0 saturated heterocycles. The van der Waals surface area contributed by atoms with Crippen LogP contribution in [0.25, 0.3) is 21.5 Å². The molecular formula is C28H27N7O4S. The molecule has 40 heavy (non-hydrogen) atoms.